The number of hydrogen-bond donors (Lipinski definition) is 0. The van der Waals surface area contributed by atoms with Crippen LogP contribution in [0, 0.1) is 0 Å². The Bertz CT molecular complexity index is 1580. The van der Waals surface area contributed by atoms with Gasteiger partial charge in [-0.15, -0.1) is 0 Å². The van der Waals surface area contributed by atoms with Crippen molar-refractivity contribution in [2.75, 3.05) is 20.1 Å². The molecule has 2 heterocycles. The number of likely N-dealkylation sites (N-methyl/N-ethyl adjacent to an activating group) is 1. The van der Waals surface area contributed by atoms with Crippen molar-refractivity contribution in [3.8, 4) is 5.75 Å². The van der Waals surface area contributed by atoms with Crippen LogP contribution < -0.4 is 4.74 Å². The molecule has 0 unspecified atom stereocenters. The molecular weight excluding hydrogens is 583 g/mol. The zero-order valence-corrected chi connectivity index (χ0v) is 26.0. The highest BCUT2D eigenvalue weighted by Crippen LogP contribution is 2.65. The third-order valence-corrected chi connectivity index (χ3v) is 11.2. The predicted molar refractivity (Wildman–Crippen MR) is 167 cm³/mol. The molecule has 0 aromatic heterocycles. The first kappa shape index (κ1) is 28.7. The summed E-state index contributed by atoms with van der Waals surface area (Å²) in [6.45, 7) is 3.29. The second-order valence-corrected chi connectivity index (χ2v) is 13.4. The van der Waals surface area contributed by atoms with E-state index in [2.05, 4.69) is 41.3 Å². The van der Waals surface area contributed by atoms with Crippen LogP contribution in [-0.2, 0) is 39.0 Å². The normalized spacial score (nSPS) is 28.5. The van der Waals surface area contributed by atoms with E-state index >= 15 is 0 Å². The number of halogens is 2. The number of piperidine rings is 1. The molecule has 4 aliphatic rings. The second-order valence-electron chi connectivity index (χ2n) is 12.6. The Morgan fingerprint density at radius 2 is 1.84 bits per heavy atom. The molecule has 224 valence electrons. The van der Waals surface area contributed by atoms with Gasteiger partial charge in [0.05, 0.1) is 34.0 Å². The van der Waals surface area contributed by atoms with Crippen LogP contribution in [0.5, 0.6) is 5.75 Å². The highest BCUT2D eigenvalue weighted by Gasteiger charge is 2.75. The fraction of sp³-hybridized carbons (Fsp3) is 0.429. The molecule has 5 atom stereocenters. The second kappa shape index (κ2) is 10.8. The Morgan fingerprint density at radius 1 is 1.02 bits per heavy atom. The highest BCUT2D eigenvalue weighted by atomic mass is 35.5. The van der Waals surface area contributed by atoms with Crippen molar-refractivity contribution in [1.29, 1.82) is 0 Å². The van der Waals surface area contributed by atoms with Gasteiger partial charge in [-0.2, -0.15) is 0 Å². The first-order chi connectivity index (χ1) is 20.7. The third-order valence-electron chi connectivity index (χ3n) is 10.5. The number of benzene rings is 3. The lowest BCUT2D eigenvalue weighted by Crippen LogP contribution is -2.79. The van der Waals surface area contributed by atoms with Gasteiger partial charge in [0.25, 0.3) is 0 Å². The Hall–Kier alpha value is -3.06. The number of esters is 1. The molecule has 2 aliphatic carbocycles. The van der Waals surface area contributed by atoms with Crippen molar-refractivity contribution in [2.24, 2.45) is 0 Å². The van der Waals surface area contributed by atoms with Crippen molar-refractivity contribution in [2.45, 2.75) is 74.7 Å². The number of amides is 1. The van der Waals surface area contributed by atoms with Crippen LogP contribution in [0.2, 0.25) is 10.0 Å². The highest BCUT2D eigenvalue weighted by molar-refractivity contribution is 6.42. The van der Waals surface area contributed by atoms with Gasteiger partial charge < -0.3 is 14.4 Å². The summed E-state index contributed by atoms with van der Waals surface area (Å²) < 4.78 is 13.5. The average Bonchev–Trinajstić information content (AvgIpc) is 3.33. The van der Waals surface area contributed by atoms with Gasteiger partial charge in [-0.1, -0.05) is 71.7 Å². The zero-order chi connectivity index (χ0) is 29.9. The van der Waals surface area contributed by atoms with E-state index < -0.39 is 11.0 Å². The minimum Gasteiger partial charge on any atom is -0.487 e. The van der Waals surface area contributed by atoms with Gasteiger partial charge >= 0.3 is 5.97 Å². The van der Waals surface area contributed by atoms with Crippen LogP contribution in [0.15, 0.2) is 66.7 Å². The largest absolute Gasteiger partial charge is 0.487 e. The molecule has 1 amide bonds. The van der Waals surface area contributed by atoms with Crippen LogP contribution in [0.4, 0.5) is 0 Å². The van der Waals surface area contributed by atoms with Gasteiger partial charge in [0.15, 0.2) is 0 Å². The lowest BCUT2D eigenvalue weighted by Gasteiger charge is -2.65. The van der Waals surface area contributed by atoms with Gasteiger partial charge in [0, 0.05) is 26.1 Å². The van der Waals surface area contributed by atoms with Crippen molar-refractivity contribution < 1.29 is 19.1 Å². The minimum absolute atomic E-state index is 0.00721. The Labute approximate surface area is 262 Å². The van der Waals surface area contributed by atoms with Crippen LogP contribution in [-0.4, -0.2) is 65.6 Å². The third kappa shape index (κ3) is 4.48. The van der Waals surface area contributed by atoms with Crippen LogP contribution in [0.3, 0.4) is 0 Å². The van der Waals surface area contributed by atoms with Crippen molar-refractivity contribution in [1.82, 2.24) is 9.80 Å². The molecule has 7 rings (SSSR count). The molecule has 0 N–H and O–H groups in total. The van der Waals surface area contributed by atoms with Gasteiger partial charge in [0.1, 0.15) is 17.5 Å². The number of nitrogens with zero attached hydrogens (tertiary/aromatic N) is 2. The lowest BCUT2D eigenvalue weighted by molar-refractivity contribution is -0.223. The summed E-state index contributed by atoms with van der Waals surface area (Å²) in [5.74, 6) is 0.600. The summed E-state index contributed by atoms with van der Waals surface area (Å²) in [5.41, 5.74) is 3.31. The van der Waals surface area contributed by atoms with E-state index in [1.807, 2.05) is 30.1 Å². The molecule has 1 saturated heterocycles. The molecule has 2 bridgehead atoms. The molecule has 0 radical (unpaired) electrons. The van der Waals surface area contributed by atoms with Crippen molar-refractivity contribution >= 4 is 35.1 Å². The smallest absolute Gasteiger partial charge is 0.303 e. The minimum atomic E-state index is -0.734. The number of ether oxygens (including phenoxy) is 2. The molecule has 8 heteroatoms. The summed E-state index contributed by atoms with van der Waals surface area (Å²) in [6.07, 6.45) is 3.77. The molecule has 2 aliphatic heterocycles. The predicted octanol–water partition coefficient (Wildman–Crippen LogP) is 6.03. The monoisotopic (exact) mass is 618 g/mol. The summed E-state index contributed by atoms with van der Waals surface area (Å²) in [4.78, 5) is 31.1. The van der Waals surface area contributed by atoms with Crippen LogP contribution >= 0.6 is 23.2 Å². The first-order valence-corrected chi connectivity index (χ1v) is 16.0. The molecule has 1 saturated carbocycles. The topological polar surface area (TPSA) is 59.1 Å². The van der Waals surface area contributed by atoms with E-state index in [1.165, 1.54) is 23.6 Å². The summed E-state index contributed by atoms with van der Waals surface area (Å²) in [7, 11) is 1.88. The average molecular weight is 620 g/mol. The fourth-order valence-electron chi connectivity index (χ4n) is 8.72. The Balaban J connectivity index is 1.25. The molecule has 3 aromatic carbocycles. The summed E-state index contributed by atoms with van der Waals surface area (Å²) >= 11 is 12.4. The fourth-order valence-corrected chi connectivity index (χ4v) is 9.05. The first-order valence-electron chi connectivity index (χ1n) is 15.2. The molecular formula is C35H36Cl2N2O4. The summed E-state index contributed by atoms with van der Waals surface area (Å²) in [6, 6.07) is 22.1. The Morgan fingerprint density at radius 3 is 2.60 bits per heavy atom. The zero-order valence-electron chi connectivity index (χ0n) is 24.5. The van der Waals surface area contributed by atoms with E-state index in [4.69, 9.17) is 32.7 Å². The number of hydrogen-bond acceptors (Lipinski definition) is 5. The number of likely N-dealkylation sites (tertiary alicyclic amines) is 1. The van der Waals surface area contributed by atoms with E-state index in [0.29, 0.717) is 22.9 Å². The summed E-state index contributed by atoms with van der Waals surface area (Å²) in [5, 5.41) is 0.904. The van der Waals surface area contributed by atoms with Crippen molar-refractivity contribution in [3.05, 3.63) is 99.0 Å². The van der Waals surface area contributed by atoms with Gasteiger partial charge in [-0.05, 0) is 73.5 Å². The lowest BCUT2D eigenvalue weighted by atomic mass is 9.48. The Kier molecular flexibility index (Phi) is 7.23. The maximum Gasteiger partial charge on any atom is 0.303 e. The van der Waals surface area contributed by atoms with Crippen molar-refractivity contribution in [3.63, 3.8) is 0 Å². The maximum absolute atomic E-state index is 13.7. The molecule has 1 spiro atoms. The van der Waals surface area contributed by atoms with Gasteiger partial charge in [-0.3, -0.25) is 14.5 Å². The van der Waals surface area contributed by atoms with Gasteiger partial charge in [0.2, 0.25) is 5.91 Å². The van der Waals surface area contributed by atoms with Gasteiger partial charge in [-0.25, -0.2) is 0 Å². The van der Waals surface area contributed by atoms with E-state index in [0.717, 1.165) is 43.7 Å². The standard InChI is InChI=1S/C35H36Cl2N2O4/c1-22(40)43-35-15-13-28(38(2)31(41)20-24-11-12-26(36)27(37)19-24)33-34(35)16-18-39(17-14-23-7-4-3-5-8-23)30(35)21-25-9-6-10-29(42-33)32(25)34/h3-12,19,28,30,33H,13-18,20-21H2,1-2H3/t28-,30+,33-,34-,35+/m0/s1. The number of rotatable bonds is 7. The molecule has 2 fully saturated rings. The number of carbonyl (C=O) groups is 2. The number of carbonyl (C=O) groups excluding carboxylic acids is 2. The molecule has 43 heavy (non-hydrogen) atoms. The SMILES string of the molecule is CC(=O)O[C@@]12CC[C@H](N(C)C(=O)Cc3ccc(Cl)c(Cl)c3)[C@@H]3Oc4cccc5c4[C@@]31CCN(CCc1ccccc1)[C@@H]2C5. The van der Waals surface area contributed by atoms with E-state index in [1.54, 1.807) is 12.1 Å². The maximum atomic E-state index is 13.7. The van der Waals surface area contributed by atoms with E-state index in [-0.39, 0.29) is 36.5 Å². The van der Waals surface area contributed by atoms with Crippen LogP contribution in [0.25, 0.3) is 0 Å². The van der Waals surface area contributed by atoms with Crippen LogP contribution in [0.1, 0.15) is 48.4 Å². The quantitative estimate of drug-likeness (QED) is 0.303. The van der Waals surface area contributed by atoms with E-state index in [9.17, 15) is 9.59 Å². The molecule has 6 nitrogen and oxygen atoms in total. The molecule has 3 aromatic rings.